The molecule has 3 rings (SSSR count). The first kappa shape index (κ1) is 44.3. The van der Waals surface area contributed by atoms with Crippen molar-refractivity contribution in [2.75, 3.05) is 19.8 Å². The molecule has 55 heavy (non-hydrogen) atoms. The zero-order valence-corrected chi connectivity index (χ0v) is 32.1. The van der Waals surface area contributed by atoms with Crippen molar-refractivity contribution in [2.45, 2.75) is 96.7 Å². The van der Waals surface area contributed by atoms with Crippen LogP contribution in [0.5, 0.6) is 5.75 Å². The summed E-state index contributed by atoms with van der Waals surface area (Å²) in [7, 11) is 0. The Morgan fingerprint density at radius 3 is 2.09 bits per heavy atom. The first-order valence-electron chi connectivity index (χ1n) is 18.9. The van der Waals surface area contributed by atoms with Gasteiger partial charge in [0.05, 0.1) is 25.7 Å². The van der Waals surface area contributed by atoms with Crippen LogP contribution in [0.1, 0.15) is 73.3 Å². The van der Waals surface area contributed by atoms with Crippen LogP contribution in [0.3, 0.4) is 0 Å². The van der Waals surface area contributed by atoms with Crippen LogP contribution in [0.25, 0.3) is 11.1 Å². The summed E-state index contributed by atoms with van der Waals surface area (Å²) in [5.74, 6) is -4.60. The van der Waals surface area contributed by atoms with Crippen LogP contribution >= 0.6 is 0 Å². The summed E-state index contributed by atoms with van der Waals surface area (Å²) in [6, 6.07) is 15.8. The summed E-state index contributed by atoms with van der Waals surface area (Å²) >= 11 is 0. The quantitative estimate of drug-likeness (QED) is 0.0659. The first-order chi connectivity index (χ1) is 26.2. The molecule has 0 radical (unpaired) electrons. The molecule has 0 saturated carbocycles. The van der Waals surface area contributed by atoms with Gasteiger partial charge in [0.2, 0.25) is 17.7 Å². The number of Topliss-reactive ketones (excluding diaryl/α,β-unsaturated/α-hetero) is 1. The molecule has 0 aliphatic rings. The molecule has 0 bridgehead atoms. The molecule has 0 saturated heterocycles. The first-order valence-corrected chi connectivity index (χ1v) is 18.9. The Balaban J connectivity index is 1.85. The third-order valence-corrected chi connectivity index (χ3v) is 9.41. The number of amides is 3. The van der Waals surface area contributed by atoms with E-state index in [1.54, 1.807) is 0 Å². The fourth-order valence-electron chi connectivity index (χ4n) is 6.50. The van der Waals surface area contributed by atoms with Gasteiger partial charge < -0.3 is 42.8 Å². The van der Waals surface area contributed by atoms with Gasteiger partial charge in [0.15, 0.2) is 5.78 Å². The molecule has 0 spiro atoms. The number of unbranched alkanes of at least 4 members (excludes halogenated alkanes) is 1. The van der Waals surface area contributed by atoms with Gasteiger partial charge in [0.1, 0.15) is 17.8 Å². The molecular formula is C42H57N5O8. The van der Waals surface area contributed by atoms with Crippen molar-refractivity contribution in [3.63, 3.8) is 0 Å². The minimum Gasteiger partial charge on any atom is -0.494 e. The number of carbonyl (C=O) groups excluding carboxylic acids is 4. The Morgan fingerprint density at radius 1 is 0.818 bits per heavy atom. The van der Waals surface area contributed by atoms with Gasteiger partial charge in [-0.1, -0.05) is 66.6 Å². The molecule has 4 atom stereocenters. The van der Waals surface area contributed by atoms with Crippen molar-refractivity contribution in [3.05, 3.63) is 88.5 Å². The Bertz CT molecular complexity index is 1740. The molecule has 3 aromatic carbocycles. The van der Waals surface area contributed by atoms with E-state index in [4.69, 9.17) is 21.9 Å². The van der Waals surface area contributed by atoms with Crippen LogP contribution in [0.2, 0.25) is 0 Å². The number of aliphatic hydroxyl groups excluding tert-OH is 1. The molecule has 0 heterocycles. The van der Waals surface area contributed by atoms with Gasteiger partial charge in [-0.25, -0.2) is 0 Å². The largest absolute Gasteiger partial charge is 0.494 e. The van der Waals surface area contributed by atoms with Crippen molar-refractivity contribution in [3.8, 4) is 16.9 Å². The molecule has 0 aliphatic heterocycles. The lowest BCUT2D eigenvalue weighted by Crippen LogP contribution is -2.51. The third-order valence-electron chi connectivity index (χ3n) is 9.41. The van der Waals surface area contributed by atoms with Crippen molar-refractivity contribution in [1.82, 2.24) is 10.6 Å². The lowest BCUT2D eigenvalue weighted by Gasteiger charge is -2.23. The van der Waals surface area contributed by atoms with Gasteiger partial charge in [-0.05, 0) is 105 Å². The van der Waals surface area contributed by atoms with E-state index < -0.39 is 73.0 Å². The second-order valence-corrected chi connectivity index (χ2v) is 14.1. The monoisotopic (exact) mass is 759 g/mol. The summed E-state index contributed by atoms with van der Waals surface area (Å²) in [5.41, 5.74) is 24.0. The number of nitrogens with one attached hydrogen (secondary N) is 2. The summed E-state index contributed by atoms with van der Waals surface area (Å²) in [6.07, 6.45) is 2.85. The number of benzene rings is 3. The maximum atomic E-state index is 13.9. The lowest BCUT2D eigenvalue weighted by atomic mass is 9.89. The maximum Gasteiger partial charge on any atom is 0.305 e. The second-order valence-electron chi connectivity index (χ2n) is 14.1. The summed E-state index contributed by atoms with van der Waals surface area (Å²) < 4.78 is 5.90. The normalized spacial score (nSPS) is 13.3. The van der Waals surface area contributed by atoms with Crippen LogP contribution in [0.15, 0.2) is 60.7 Å². The number of aliphatic carboxylic acids is 1. The minimum atomic E-state index is -1.51. The fourth-order valence-corrected chi connectivity index (χ4v) is 6.50. The molecule has 3 aromatic rings. The predicted molar refractivity (Wildman–Crippen MR) is 211 cm³/mol. The number of rotatable bonds is 24. The maximum absolute atomic E-state index is 13.9. The average Bonchev–Trinajstić information content (AvgIpc) is 3.14. The van der Waals surface area contributed by atoms with E-state index >= 15 is 0 Å². The molecule has 0 unspecified atom stereocenters. The molecule has 298 valence electrons. The number of ketones is 1. The molecule has 3 amide bonds. The van der Waals surface area contributed by atoms with Gasteiger partial charge in [0.25, 0.3) is 0 Å². The number of ether oxygens (including phenoxy) is 1. The fraction of sp³-hybridized carbons (Fsp3) is 0.452. The van der Waals surface area contributed by atoms with E-state index in [0.29, 0.717) is 31.6 Å². The van der Waals surface area contributed by atoms with E-state index in [0.717, 1.165) is 58.4 Å². The van der Waals surface area contributed by atoms with Gasteiger partial charge >= 0.3 is 5.97 Å². The molecule has 13 nitrogen and oxygen atoms in total. The second kappa shape index (κ2) is 22.3. The highest BCUT2D eigenvalue weighted by molar-refractivity contribution is 5.96. The highest BCUT2D eigenvalue weighted by Gasteiger charge is 2.32. The lowest BCUT2D eigenvalue weighted by molar-refractivity contribution is -0.140. The molecule has 0 fully saturated rings. The number of aryl methyl sites for hydroxylation is 4. The highest BCUT2D eigenvalue weighted by Crippen LogP contribution is 2.29. The van der Waals surface area contributed by atoms with Crippen molar-refractivity contribution >= 4 is 29.5 Å². The van der Waals surface area contributed by atoms with Gasteiger partial charge in [0, 0.05) is 12.3 Å². The highest BCUT2D eigenvalue weighted by atomic mass is 16.5. The van der Waals surface area contributed by atoms with Gasteiger partial charge in [-0.3, -0.25) is 24.0 Å². The zero-order valence-electron chi connectivity index (χ0n) is 32.1. The van der Waals surface area contributed by atoms with Crippen molar-refractivity contribution in [2.24, 2.45) is 23.1 Å². The van der Waals surface area contributed by atoms with Crippen LogP contribution in [-0.2, 0) is 43.2 Å². The Morgan fingerprint density at radius 2 is 1.49 bits per heavy atom. The Hall–Kier alpha value is -5.11. The minimum absolute atomic E-state index is 0.0615. The number of hydrogen-bond donors (Lipinski definition) is 7. The third kappa shape index (κ3) is 14.6. The van der Waals surface area contributed by atoms with Crippen LogP contribution in [-0.4, -0.2) is 77.6 Å². The number of nitrogens with two attached hydrogens (primary N) is 3. The number of carboxylic acid groups (broad SMARTS) is 1. The van der Waals surface area contributed by atoms with Crippen LogP contribution in [0.4, 0.5) is 0 Å². The SMILES string of the molecule is CCc1cc(OCCCCN)ccc1-c1ccc(C[C@H](CC(=O)[C@H](CC(=O)O)NC(=O)[C@@H](N)CO)C(=O)N[C@@H](CCCc2cc(C)cc(C)c2)C(N)=O)cc1. The van der Waals surface area contributed by atoms with E-state index in [1.807, 2.05) is 56.3 Å². The van der Waals surface area contributed by atoms with Gasteiger partial charge in [-0.2, -0.15) is 0 Å². The topological polar surface area (TPSA) is 237 Å². The summed E-state index contributed by atoms with van der Waals surface area (Å²) in [5, 5.41) is 23.8. The number of hydrogen-bond acceptors (Lipinski definition) is 9. The number of primary amides is 1. The number of carbonyl (C=O) groups is 5. The van der Waals surface area contributed by atoms with Crippen molar-refractivity contribution < 1.29 is 38.9 Å². The summed E-state index contributed by atoms with van der Waals surface area (Å²) in [4.78, 5) is 64.2. The van der Waals surface area contributed by atoms with E-state index in [-0.39, 0.29) is 12.8 Å². The molecular weight excluding hydrogens is 702 g/mol. The number of aliphatic hydroxyl groups is 1. The standard InChI is InChI=1S/C42H57N5O8/c1-4-30-22-33(55-17-6-5-16-43)14-15-34(30)31-12-10-28(11-13-31)21-32(23-38(49)37(24-39(50)51)47-42(54)35(44)25-48)41(53)46-36(40(45)52)9-7-8-29-19-26(2)18-27(3)20-29/h10-15,18-20,22,32,35-37,48H,4-9,16-17,21,23-25,43-44H2,1-3H3,(H2,45,52)(H,46,53)(H,47,54)(H,50,51)/t32-,35+,36+,37+/m1/s1. The average molecular weight is 760 g/mol. The molecule has 0 aliphatic carbocycles. The van der Waals surface area contributed by atoms with Crippen LogP contribution in [0, 0.1) is 19.8 Å². The van der Waals surface area contributed by atoms with E-state index in [1.165, 1.54) is 0 Å². The predicted octanol–water partition coefficient (Wildman–Crippen LogP) is 3.04. The molecule has 0 aromatic heterocycles. The molecule has 10 N–H and O–H groups in total. The smallest absolute Gasteiger partial charge is 0.305 e. The van der Waals surface area contributed by atoms with E-state index in [2.05, 4.69) is 35.8 Å². The van der Waals surface area contributed by atoms with E-state index in [9.17, 15) is 34.2 Å². The summed E-state index contributed by atoms with van der Waals surface area (Å²) in [6.45, 7) is 6.56. The van der Waals surface area contributed by atoms with Crippen LogP contribution < -0.4 is 32.6 Å². The van der Waals surface area contributed by atoms with Gasteiger partial charge in [-0.15, -0.1) is 0 Å². The zero-order chi connectivity index (χ0) is 40.5. The number of carboxylic acids is 1. The molecule has 13 heteroatoms. The Labute approximate surface area is 323 Å². The Kier molecular flexibility index (Phi) is 18.0. The van der Waals surface area contributed by atoms with Crippen molar-refractivity contribution in [1.29, 1.82) is 0 Å².